The monoisotopic (exact) mass is 2040 g/mol. The summed E-state index contributed by atoms with van der Waals surface area (Å²) in [7, 11) is -9.78. The predicted octanol–water partition coefficient (Wildman–Crippen LogP) is 8.71. The number of nitrogens with two attached hydrogens (primary N) is 1. The van der Waals surface area contributed by atoms with Gasteiger partial charge in [-0.15, -0.1) is 0 Å². The number of aromatic amines is 2. The van der Waals surface area contributed by atoms with E-state index >= 15 is 0 Å². The van der Waals surface area contributed by atoms with Crippen LogP contribution in [0.2, 0.25) is 10.0 Å². The number of anilines is 1. The van der Waals surface area contributed by atoms with Crippen molar-refractivity contribution in [3.63, 3.8) is 0 Å². The quantitative estimate of drug-likeness (QED) is 0.0215. The summed E-state index contributed by atoms with van der Waals surface area (Å²) in [5.41, 5.74) is 15.3. The summed E-state index contributed by atoms with van der Waals surface area (Å²) in [6, 6.07) is 30.5. The van der Waals surface area contributed by atoms with Crippen LogP contribution in [0.4, 0.5) is 27.6 Å². The van der Waals surface area contributed by atoms with E-state index in [-0.39, 0.29) is 72.7 Å². The van der Waals surface area contributed by atoms with Gasteiger partial charge in [0, 0.05) is 298 Å². The number of amides is 5. The van der Waals surface area contributed by atoms with Crippen molar-refractivity contribution in [3.8, 4) is 0 Å². The lowest BCUT2D eigenvalue weighted by Gasteiger charge is -2.32. The van der Waals surface area contributed by atoms with Crippen molar-refractivity contribution in [2.75, 3.05) is 214 Å². The smallest absolute Gasteiger partial charge is 0.274 e. The number of nitrogens with zero attached hydrogens (tertiary/aromatic N) is 15. The first kappa shape index (κ1) is 108. The zero-order valence-electron chi connectivity index (χ0n) is 79.2. The largest absolute Gasteiger partial charge is 0.399 e. The van der Waals surface area contributed by atoms with Crippen LogP contribution < -0.4 is 5.73 Å². The molecule has 0 saturated carbocycles. The molecular formula is C98H127Cl2F5N18O10S5. The van der Waals surface area contributed by atoms with Gasteiger partial charge in [-0.2, -0.15) is 10.2 Å². The van der Waals surface area contributed by atoms with Crippen LogP contribution in [0.25, 0.3) is 0 Å². The second-order valence-corrected chi connectivity index (χ2v) is 50.5. The number of benzene rings is 5. The number of halogens is 7. The number of rotatable bonds is 30. The van der Waals surface area contributed by atoms with Gasteiger partial charge in [-0.1, -0.05) is 77.8 Å². The summed E-state index contributed by atoms with van der Waals surface area (Å²) < 4.78 is 130. The number of hydrogen-bond acceptors (Lipinski definition) is 21. The molecule has 0 radical (unpaired) electrons. The second kappa shape index (κ2) is 49.9. The Morgan fingerprint density at radius 1 is 0.370 bits per heavy atom. The molecule has 28 nitrogen and oxygen atoms in total. The lowest BCUT2D eigenvalue weighted by molar-refractivity contribution is -0.128. The first-order chi connectivity index (χ1) is 65.4. The lowest BCUT2D eigenvalue weighted by atomic mass is 10.1. The van der Waals surface area contributed by atoms with Gasteiger partial charge >= 0.3 is 0 Å². The fourth-order valence-corrected chi connectivity index (χ4v) is 23.6. The van der Waals surface area contributed by atoms with Gasteiger partial charge in [-0.05, 0) is 196 Å². The molecule has 5 aromatic carbocycles. The average Bonchev–Trinajstić information content (AvgIpc) is 1.42. The van der Waals surface area contributed by atoms with Crippen molar-refractivity contribution >= 4 is 153 Å². The van der Waals surface area contributed by atoms with E-state index in [0.717, 1.165) is 78.4 Å². The van der Waals surface area contributed by atoms with E-state index in [4.69, 9.17) is 28.9 Å². The van der Waals surface area contributed by atoms with Gasteiger partial charge in [-0.25, -0.2) is 22.0 Å². The molecule has 4 N–H and O–H groups in total. The molecular weight excluding hydrogens is 1920 g/mol. The number of nitrogen functional groups attached to an aromatic ring is 1. The summed E-state index contributed by atoms with van der Waals surface area (Å²) in [6.45, 7) is 23.5. The Bertz CT molecular complexity index is 6090. The number of aromatic nitrogens is 4. The molecule has 5 fully saturated rings. The van der Waals surface area contributed by atoms with Crippen molar-refractivity contribution in [2.45, 2.75) is 67.3 Å². The van der Waals surface area contributed by atoms with Crippen molar-refractivity contribution in [2.24, 2.45) is 15.0 Å². The summed E-state index contributed by atoms with van der Waals surface area (Å²) in [6.07, 6.45) is 5.28. The number of allylic oxidation sites excluding steroid dienone is 3. The maximum atomic E-state index is 14.1. The minimum atomic E-state index is -2.00. The number of aliphatic imine (C=N–C) groups is 3. The standard InChI is InChI=1S/C20H25Cl2N3O2S.2C20H25F2N3O2S.C19H25FN4O2S.C19H27N5O2S/c2*1-15-12-16(13-23-15)20(26)25(14-17-18(21)4-3-5-19(17)22)7-6-24-8-10-28(2,27)11-9-24;1-15-12-17(13-23-15)20(26)25(14-16-4-3-5-18(21)19(16)22)7-6-24-8-10-28(2,27)11-9-24;1-15-13-18(22-21-15)19(25)24(14-16-5-3-4-6-17(16)20)8-7-23-9-11-27(2,26)12-10-23;1-15-12-18(22-21-15)19(25)24(14-16-4-3-5-17(20)13-16)7-6-23-8-10-27(2,26)11-9-23/h3*3-5,12H,2,6-11,13-14H2,1H3;3-6,13H,2,7-12,14H2,1H3,(H,21,22);3-5,12-13H,2,6-11,14,20H2,1H3,(H,21,22). The highest BCUT2D eigenvalue weighted by molar-refractivity contribution is 8.01. The molecule has 748 valence electrons. The Morgan fingerprint density at radius 2 is 0.667 bits per heavy atom. The van der Waals surface area contributed by atoms with Gasteiger partial charge in [0.05, 0.1) is 26.2 Å². The van der Waals surface area contributed by atoms with Crippen LogP contribution >= 0.6 is 23.2 Å². The van der Waals surface area contributed by atoms with Crippen LogP contribution in [-0.4, -0.2) is 375 Å². The Morgan fingerprint density at radius 3 is 1.01 bits per heavy atom. The highest BCUT2D eigenvalue weighted by Gasteiger charge is 2.32. The van der Waals surface area contributed by atoms with Crippen molar-refractivity contribution < 1.29 is 67.0 Å². The molecule has 7 aromatic rings. The van der Waals surface area contributed by atoms with Crippen LogP contribution in [-0.2, 0) is 94.7 Å². The highest BCUT2D eigenvalue weighted by atomic mass is 35.5. The number of nitrogens with one attached hydrogen (secondary N) is 2. The van der Waals surface area contributed by atoms with Crippen LogP contribution in [0.5, 0.6) is 0 Å². The minimum Gasteiger partial charge on any atom is -0.399 e. The second-order valence-electron chi connectivity index (χ2n) is 35.9. The van der Waals surface area contributed by atoms with Crippen LogP contribution in [0, 0.1) is 42.9 Å². The number of carbonyl (C=O) groups is 5. The molecule has 0 bridgehead atoms. The summed E-state index contributed by atoms with van der Waals surface area (Å²) in [4.78, 5) is 96.7. The Balaban J connectivity index is 0.000000165. The molecule has 5 amide bonds. The third-order valence-corrected chi connectivity index (χ3v) is 34.8. The van der Waals surface area contributed by atoms with Gasteiger partial charge in [0.2, 0.25) is 0 Å². The minimum absolute atomic E-state index is 0.0151. The Hall–Kier alpha value is -9.97. The van der Waals surface area contributed by atoms with Gasteiger partial charge < -0.3 is 30.2 Å². The molecule has 138 heavy (non-hydrogen) atoms. The van der Waals surface area contributed by atoms with E-state index in [1.807, 2.05) is 65.0 Å². The third-order valence-electron chi connectivity index (χ3n) is 24.8. The van der Waals surface area contributed by atoms with Crippen molar-refractivity contribution in [1.29, 1.82) is 0 Å². The van der Waals surface area contributed by atoms with E-state index in [9.17, 15) is 67.0 Å². The molecule has 0 aliphatic carbocycles. The average molecular weight is 2040 g/mol. The number of hydrogen-bond donors (Lipinski definition) is 3. The highest BCUT2D eigenvalue weighted by Crippen LogP contribution is 2.29. The van der Waals surface area contributed by atoms with Gasteiger partial charge in [-0.3, -0.25) is 94.7 Å². The van der Waals surface area contributed by atoms with E-state index in [2.05, 4.69) is 89.2 Å². The Kier molecular flexibility index (Phi) is 39.2. The normalized spacial score (nSPS) is 18.3. The topological polar surface area (TPSA) is 324 Å². The molecule has 0 spiro atoms. The predicted molar refractivity (Wildman–Crippen MR) is 554 cm³/mol. The number of carbonyl (C=O) groups excluding carboxylic acids is 5. The van der Waals surface area contributed by atoms with Crippen LogP contribution in [0.1, 0.15) is 81.0 Å². The van der Waals surface area contributed by atoms with E-state index < -0.39 is 70.9 Å². The number of aryl methyl sites for hydroxylation is 2. The molecule has 0 atom stereocenters. The maximum absolute atomic E-state index is 14.1. The molecule has 10 heterocycles. The number of H-pyrrole nitrogens is 2. The molecule has 8 aliphatic rings. The van der Waals surface area contributed by atoms with Crippen molar-refractivity contribution in [1.82, 2.24) is 69.4 Å². The zero-order chi connectivity index (χ0) is 99.8. The molecule has 40 heteroatoms. The first-order valence-corrected chi connectivity index (χ1v) is 56.8. The van der Waals surface area contributed by atoms with Gasteiger partial charge in [0.1, 0.15) is 28.8 Å². The molecule has 15 rings (SSSR count). The summed E-state index contributed by atoms with van der Waals surface area (Å²) in [5, 5.41) is 14.8. The SMILES string of the molecule is C=S1(=O)CCN(CCN(Cc2c(Cl)cccc2Cl)C(=O)C2=CC(C)=NC2)CC1.C=S1(=O)CCN(CCN(Cc2c(F)cccc2F)C(=O)C2=CC(C)=NC2)CC1.C=S1(=O)CCN(CCN(Cc2cccc(F)c2F)C(=O)C2=CC(C)=NC2)CC1.C=S1(=O)CCN(CCN(Cc2cccc(N)c2)C(=O)c2cc(C)[nH]n2)CC1.C=S1(=O)CCN(CCN(Cc2ccccc2F)C(=O)c2cc(C)[nH]n2)CC1. The summed E-state index contributed by atoms with van der Waals surface area (Å²) >= 11 is 12.7. The van der Waals surface area contributed by atoms with E-state index in [0.29, 0.717) is 231 Å². The maximum Gasteiger partial charge on any atom is 0.274 e. The van der Waals surface area contributed by atoms with E-state index in [1.54, 1.807) is 75.4 Å². The van der Waals surface area contributed by atoms with E-state index in [1.165, 1.54) is 46.2 Å². The van der Waals surface area contributed by atoms with Gasteiger partial charge in [0.25, 0.3) is 29.5 Å². The zero-order valence-corrected chi connectivity index (χ0v) is 84.8. The van der Waals surface area contributed by atoms with Gasteiger partial charge in [0.15, 0.2) is 11.6 Å². The molecule has 0 unspecified atom stereocenters. The van der Waals surface area contributed by atoms with Crippen LogP contribution in [0.3, 0.4) is 0 Å². The molecule has 5 saturated heterocycles. The molecule has 8 aliphatic heterocycles. The Labute approximate surface area is 819 Å². The fraction of sp³-hybridized carbons (Fsp3) is 0.439. The molecule has 2 aromatic heterocycles. The lowest BCUT2D eigenvalue weighted by Crippen LogP contribution is -2.45. The van der Waals surface area contributed by atoms with Crippen molar-refractivity contribution in [3.05, 3.63) is 240 Å². The first-order valence-electron chi connectivity index (χ1n) is 45.7. The fourth-order valence-electron chi connectivity index (χ4n) is 16.1. The summed E-state index contributed by atoms with van der Waals surface area (Å²) in [5.74, 6) is 20.3. The third kappa shape index (κ3) is 33.4. The van der Waals surface area contributed by atoms with Crippen LogP contribution in [0.15, 0.2) is 165 Å².